The second-order valence-corrected chi connectivity index (χ2v) is 7.37. The van der Waals surface area contributed by atoms with Crippen LogP contribution >= 0.6 is 0 Å². The lowest BCUT2D eigenvalue weighted by Gasteiger charge is -2.34. The van der Waals surface area contributed by atoms with Gasteiger partial charge in [0.15, 0.2) is 0 Å². The number of hydrogen-bond acceptors (Lipinski definition) is 5. The van der Waals surface area contributed by atoms with Crippen LogP contribution in [0, 0.1) is 5.82 Å². The van der Waals surface area contributed by atoms with E-state index in [0.717, 1.165) is 0 Å². The van der Waals surface area contributed by atoms with Gasteiger partial charge in [0, 0.05) is 63.7 Å². The summed E-state index contributed by atoms with van der Waals surface area (Å²) in [7, 11) is 0. The summed E-state index contributed by atoms with van der Waals surface area (Å²) in [6.45, 7) is 4.24. The molecule has 0 bridgehead atoms. The van der Waals surface area contributed by atoms with Gasteiger partial charge in [0.05, 0.1) is 5.69 Å². The quantitative estimate of drug-likeness (QED) is 0.835. The lowest BCUT2D eigenvalue weighted by molar-refractivity contribution is -0.129. The molecule has 1 unspecified atom stereocenters. The van der Waals surface area contributed by atoms with Gasteiger partial charge in [-0.2, -0.15) is 0 Å². The van der Waals surface area contributed by atoms with Crippen molar-refractivity contribution in [3.05, 3.63) is 52.2 Å². The molecule has 0 radical (unpaired) electrons. The number of amides is 2. The summed E-state index contributed by atoms with van der Waals surface area (Å²) in [5.74, 6) is -0.163. The maximum atomic E-state index is 13.2. The molecule has 0 aliphatic carbocycles. The maximum absolute atomic E-state index is 13.2. The van der Waals surface area contributed by atoms with E-state index in [0.29, 0.717) is 50.1 Å². The first-order chi connectivity index (χ1) is 13.9. The third kappa shape index (κ3) is 3.98. The van der Waals surface area contributed by atoms with Crippen LogP contribution in [0.4, 0.5) is 16.0 Å². The van der Waals surface area contributed by atoms with Crippen molar-refractivity contribution in [2.24, 2.45) is 0 Å². The van der Waals surface area contributed by atoms with Crippen molar-refractivity contribution in [2.75, 3.05) is 42.5 Å². The largest absolute Gasteiger partial charge is 0.339 e. The first kappa shape index (κ1) is 19.1. The van der Waals surface area contributed by atoms with Gasteiger partial charge in [0.2, 0.25) is 17.8 Å². The van der Waals surface area contributed by atoms with Gasteiger partial charge in [-0.1, -0.05) is 0 Å². The third-order valence-corrected chi connectivity index (χ3v) is 5.46. The number of nitrogens with one attached hydrogen (secondary N) is 1. The molecule has 2 amide bonds. The third-order valence-electron chi connectivity index (χ3n) is 5.46. The molecule has 0 spiro atoms. The molecule has 29 heavy (non-hydrogen) atoms. The van der Waals surface area contributed by atoms with Crippen LogP contribution in [0.1, 0.15) is 25.0 Å². The van der Waals surface area contributed by atoms with Crippen molar-refractivity contribution in [3.8, 4) is 0 Å². The van der Waals surface area contributed by atoms with Crippen LogP contribution in [-0.4, -0.2) is 59.4 Å². The Morgan fingerprint density at radius 2 is 1.83 bits per heavy atom. The maximum Gasteiger partial charge on any atom is 0.252 e. The zero-order valence-corrected chi connectivity index (χ0v) is 16.1. The Bertz CT molecular complexity index is 982. The summed E-state index contributed by atoms with van der Waals surface area (Å²) in [5, 5.41) is 0. The van der Waals surface area contributed by atoms with Gasteiger partial charge in [0.1, 0.15) is 5.82 Å². The summed E-state index contributed by atoms with van der Waals surface area (Å²) >= 11 is 0. The SMILES string of the molecule is CC(=O)N1CCN(c2nc(C3CC(=O)N(c4ccc(F)cc4)C3)cc(=O)[nH]2)CC1. The molecule has 1 aromatic carbocycles. The monoisotopic (exact) mass is 399 g/mol. The molecule has 2 aliphatic rings. The fraction of sp³-hybridized carbons (Fsp3) is 0.400. The van der Waals surface area contributed by atoms with E-state index < -0.39 is 0 Å². The number of nitrogens with zero attached hydrogens (tertiary/aromatic N) is 4. The summed E-state index contributed by atoms with van der Waals surface area (Å²) in [5.41, 5.74) is 0.923. The highest BCUT2D eigenvalue weighted by Gasteiger charge is 2.33. The molecule has 1 aromatic heterocycles. The Hall–Kier alpha value is -3.23. The number of carbonyl (C=O) groups is 2. The Labute approximate surface area is 166 Å². The summed E-state index contributed by atoms with van der Waals surface area (Å²) in [4.78, 5) is 48.9. The molecule has 2 saturated heterocycles. The molecule has 9 heteroatoms. The average molecular weight is 399 g/mol. The van der Waals surface area contributed by atoms with Gasteiger partial charge < -0.3 is 14.7 Å². The predicted octanol–water partition coefficient (Wildman–Crippen LogP) is 1.10. The van der Waals surface area contributed by atoms with Gasteiger partial charge >= 0.3 is 0 Å². The standard InChI is InChI=1S/C20H22FN5O3/c1-13(27)24-6-8-25(9-7-24)20-22-17(11-18(28)23-20)14-10-19(29)26(12-14)16-4-2-15(21)3-5-16/h2-5,11,14H,6-10,12H2,1H3,(H,22,23,28). The minimum atomic E-state index is -0.359. The molecular weight excluding hydrogens is 377 g/mol. The normalized spacial score (nSPS) is 19.7. The Balaban J connectivity index is 1.52. The molecule has 8 nitrogen and oxygen atoms in total. The van der Waals surface area contributed by atoms with Crippen LogP contribution in [0.5, 0.6) is 0 Å². The van der Waals surface area contributed by atoms with Crippen molar-refractivity contribution < 1.29 is 14.0 Å². The molecule has 0 saturated carbocycles. The van der Waals surface area contributed by atoms with Crippen molar-refractivity contribution in [1.82, 2.24) is 14.9 Å². The molecular formula is C20H22FN5O3. The van der Waals surface area contributed by atoms with Crippen LogP contribution in [0.3, 0.4) is 0 Å². The van der Waals surface area contributed by atoms with E-state index in [9.17, 15) is 18.8 Å². The molecule has 3 heterocycles. The van der Waals surface area contributed by atoms with Crippen LogP contribution in [0.15, 0.2) is 35.1 Å². The molecule has 1 atom stereocenters. The molecule has 4 rings (SSSR count). The van der Waals surface area contributed by atoms with E-state index in [1.807, 2.05) is 4.90 Å². The van der Waals surface area contributed by atoms with Gasteiger partial charge in [0.25, 0.3) is 5.56 Å². The minimum absolute atomic E-state index is 0.0326. The number of H-pyrrole nitrogens is 1. The highest BCUT2D eigenvalue weighted by atomic mass is 19.1. The Kier molecular flexibility index (Phi) is 5.04. The van der Waals surface area contributed by atoms with Gasteiger partial charge in [-0.15, -0.1) is 0 Å². The van der Waals surface area contributed by atoms with Crippen LogP contribution in [0.25, 0.3) is 0 Å². The smallest absolute Gasteiger partial charge is 0.252 e. The zero-order valence-electron chi connectivity index (χ0n) is 16.1. The number of halogens is 1. The van der Waals surface area contributed by atoms with Gasteiger partial charge in [-0.25, -0.2) is 9.37 Å². The number of aromatic nitrogens is 2. The Morgan fingerprint density at radius 3 is 2.48 bits per heavy atom. The number of benzene rings is 1. The molecule has 2 aliphatic heterocycles. The lowest BCUT2D eigenvalue weighted by atomic mass is 10.0. The molecule has 2 aromatic rings. The van der Waals surface area contributed by atoms with Crippen molar-refractivity contribution in [3.63, 3.8) is 0 Å². The summed E-state index contributed by atoms with van der Waals surface area (Å²) < 4.78 is 13.2. The number of piperazine rings is 1. The zero-order chi connectivity index (χ0) is 20.5. The van der Waals surface area contributed by atoms with E-state index >= 15 is 0 Å². The first-order valence-corrected chi connectivity index (χ1v) is 9.58. The van der Waals surface area contributed by atoms with E-state index in [-0.39, 0.29) is 35.5 Å². The number of carbonyl (C=O) groups excluding carboxylic acids is 2. The lowest BCUT2D eigenvalue weighted by Crippen LogP contribution is -2.49. The number of aromatic amines is 1. The van der Waals surface area contributed by atoms with Crippen molar-refractivity contribution in [1.29, 1.82) is 0 Å². The highest BCUT2D eigenvalue weighted by Crippen LogP contribution is 2.31. The average Bonchev–Trinajstić information content (AvgIpc) is 3.10. The van der Waals surface area contributed by atoms with Crippen molar-refractivity contribution >= 4 is 23.5 Å². The van der Waals surface area contributed by atoms with Crippen molar-refractivity contribution in [2.45, 2.75) is 19.3 Å². The molecule has 2 fully saturated rings. The van der Waals surface area contributed by atoms with Gasteiger partial charge in [-0.3, -0.25) is 19.4 Å². The predicted molar refractivity (Wildman–Crippen MR) is 105 cm³/mol. The number of hydrogen-bond donors (Lipinski definition) is 1. The van der Waals surface area contributed by atoms with E-state index in [1.165, 1.54) is 18.2 Å². The Morgan fingerprint density at radius 1 is 1.14 bits per heavy atom. The first-order valence-electron chi connectivity index (χ1n) is 9.58. The fourth-order valence-electron chi connectivity index (χ4n) is 3.83. The van der Waals surface area contributed by atoms with E-state index in [2.05, 4.69) is 9.97 Å². The topological polar surface area (TPSA) is 89.6 Å². The summed E-state index contributed by atoms with van der Waals surface area (Å²) in [6.07, 6.45) is 0.241. The molecule has 152 valence electrons. The fourth-order valence-corrected chi connectivity index (χ4v) is 3.83. The number of rotatable bonds is 3. The summed E-state index contributed by atoms with van der Waals surface area (Å²) in [6, 6.07) is 7.21. The second-order valence-electron chi connectivity index (χ2n) is 7.37. The molecule has 1 N–H and O–H groups in total. The highest BCUT2D eigenvalue weighted by molar-refractivity contribution is 5.96. The number of anilines is 2. The van der Waals surface area contributed by atoms with Crippen LogP contribution < -0.4 is 15.4 Å². The minimum Gasteiger partial charge on any atom is -0.339 e. The second kappa shape index (κ2) is 7.65. The van der Waals surface area contributed by atoms with E-state index in [4.69, 9.17) is 0 Å². The van der Waals surface area contributed by atoms with Crippen LogP contribution in [-0.2, 0) is 9.59 Å². The van der Waals surface area contributed by atoms with Gasteiger partial charge in [-0.05, 0) is 24.3 Å². The van der Waals surface area contributed by atoms with E-state index in [1.54, 1.807) is 28.9 Å². The van der Waals surface area contributed by atoms with Crippen LogP contribution in [0.2, 0.25) is 0 Å².